The molecule has 0 unspecified atom stereocenters. The van der Waals surface area contributed by atoms with E-state index in [1.54, 1.807) is 23.1 Å². The molecule has 1 aliphatic rings. The highest BCUT2D eigenvalue weighted by molar-refractivity contribution is 7.99. The Balaban J connectivity index is 1.98. The van der Waals surface area contributed by atoms with Crippen LogP contribution in [-0.4, -0.2) is 15.3 Å². The van der Waals surface area contributed by atoms with Gasteiger partial charge in [0.15, 0.2) is 5.16 Å². The van der Waals surface area contributed by atoms with Crippen LogP contribution in [0.1, 0.15) is 31.4 Å². The van der Waals surface area contributed by atoms with Gasteiger partial charge in [0.25, 0.3) is 5.56 Å². The second-order valence-electron chi connectivity index (χ2n) is 6.04. The van der Waals surface area contributed by atoms with Crippen molar-refractivity contribution in [3.63, 3.8) is 0 Å². The van der Waals surface area contributed by atoms with Crippen molar-refractivity contribution in [2.24, 2.45) is 0 Å². The summed E-state index contributed by atoms with van der Waals surface area (Å²) in [5.74, 6) is 0.992. The maximum atomic E-state index is 13.1. The van der Waals surface area contributed by atoms with Crippen LogP contribution in [0.5, 0.6) is 0 Å². The lowest BCUT2D eigenvalue weighted by atomic mass is 9.90. The van der Waals surface area contributed by atoms with Crippen LogP contribution in [0, 0.1) is 0 Å². The molecule has 2 aromatic heterocycles. The fourth-order valence-corrected chi connectivity index (χ4v) is 5.62. The van der Waals surface area contributed by atoms with Gasteiger partial charge in [-0.05, 0) is 42.9 Å². The second-order valence-corrected chi connectivity index (χ2v) is 8.10. The lowest BCUT2D eigenvalue weighted by molar-refractivity contribution is 0.635. The summed E-state index contributed by atoms with van der Waals surface area (Å²) in [4.78, 5) is 20.1. The summed E-state index contributed by atoms with van der Waals surface area (Å²) in [6.45, 7) is 4.86. The summed E-state index contributed by atoms with van der Waals surface area (Å²) in [7, 11) is 0. The molecule has 1 aliphatic carbocycles. The molecule has 3 aromatic rings. The zero-order chi connectivity index (χ0) is 16.7. The summed E-state index contributed by atoms with van der Waals surface area (Å²) in [5.41, 5.74) is 4.01. The number of thiophene rings is 1. The third-order valence-electron chi connectivity index (χ3n) is 4.53. The van der Waals surface area contributed by atoms with E-state index in [0.717, 1.165) is 40.4 Å². The first-order chi connectivity index (χ1) is 11.7. The van der Waals surface area contributed by atoms with Crippen molar-refractivity contribution >= 4 is 33.3 Å². The van der Waals surface area contributed by atoms with Gasteiger partial charge in [0.2, 0.25) is 0 Å². The first-order valence-corrected chi connectivity index (χ1v) is 10.3. The largest absolute Gasteiger partial charge is 0.287 e. The first-order valence-electron chi connectivity index (χ1n) is 8.51. The van der Waals surface area contributed by atoms with E-state index < -0.39 is 0 Å². The Labute approximate surface area is 149 Å². The van der Waals surface area contributed by atoms with Crippen LogP contribution < -0.4 is 5.56 Å². The molecule has 0 atom stereocenters. The lowest BCUT2D eigenvalue weighted by Crippen LogP contribution is -2.23. The van der Waals surface area contributed by atoms with Crippen molar-refractivity contribution in [1.29, 1.82) is 0 Å². The van der Waals surface area contributed by atoms with Gasteiger partial charge in [0.05, 0.1) is 5.39 Å². The molecule has 0 aliphatic heterocycles. The van der Waals surface area contributed by atoms with Crippen molar-refractivity contribution in [2.45, 2.75) is 44.8 Å². The zero-order valence-corrected chi connectivity index (χ0v) is 15.6. The summed E-state index contributed by atoms with van der Waals surface area (Å²) < 4.78 is 1.84. The smallest absolute Gasteiger partial charge is 0.263 e. The van der Waals surface area contributed by atoms with E-state index in [0.29, 0.717) is 6.54 Å². The van der Waals surface area contributed by atoms with Gasteiger partial charge in [0.1, 0.15) is 4.83 Å². The molecular formula is C19H20N2OS2. The van der Waals surface area contributed by atoms with Crippen molar-refractivity contribution in [1.82, 2.24) is 9.55 Å². The Hall–Kier alpha value is -1.59. The molecule has 24 heavy (non-hydrogen) atoms. The molecule has 0 bridgehead atoms. The minimum atomic E-state index is 0.137. The predicted molar refractivity (Wildman–Crippen MR) is 103 cm³/mol. The average molecular weight is 357 g/mol. The van der Waals surface area contributed by atoms with E-state index >= 15 is 0 Å². The van der Waals surface area contributed by atoms with E-state index in [1.807, 2.05) is 11.5 Å². The number of rotatable bonds is 4. The maximum absolute atomic E-state index is 13.1. The molecule has 124 valence electrons. The number of fused-ring (bicyclic) bond motifs is 5. The Bertz CT molecular complexity index is 971. The molecule has 0 N–H and O–H groups in total. The Morgan fingerprint density at radius 3 is 2.88 bits per heavy atom. The van der Waals surface area contributed by atoms with Gasteiger partial charge in [0, 0.05) is 17.2 Å². The van der Waals surface area contributed by atoms with Gasteiger partial charge in [-0.1, -0.05) is 43.0 Å². The van der Waals surface area contributed by atoms with Crippen molar-refractivity contribution < 1.29 is 0 Å². The molecular weight excluding hydrogens is 336 g/mol. The highest BCUT2D eigenvalue weighted by Gasteiger charge is 2.24. The average Bonchev–Trinajstić information content (AvgIpc) is 2.99. The molecule has 3 nitrogen and oxygen atoms in total. The van der Waals surface area contributed by atoms with Gasteiger partial charge in [-0.2, -0.15) is 0 Å². The third-order valence-corrected chi connectivity index (χ3v) is 6.87. The van der Waals surface area contributed by atoms with Crippen LogP contribution >= 0.6 is 23.1 Å². The van der Waals surface area contributed by atoms with E-state index in [9.17, 15) is 4.79 Å². The monoisotopic (exact) mass is 356 g/mol. The van der Waals surface area contributed by atoms with Gasteiger partial charge >= 0.3 is 0 Å². The fraction of sp³-hybridized carbons (Fsp3) is 0.368. The fourth-order valence-electron chi connectivity index (χ4n) is 3.38. The molecule has 0 saturated carbocycles. The van der Waals surface area contributed by atoms with E-state index in [2.05, 4.69) is 31.2 Å². The number of hydrogen-bond acceptors (Lipinski definition) is 4. The highest BCUT2D eigenvalue weighted by atomic mass is 32.2. The van der Waals surface area contributed by atoms with Crippen LogP contribution in [-0.2, 0) is 19.4 Å². The summed E-state index contributed by atoms with van der Waals surface area (Å²) in [5, 5.41) is 1.72. The summed E-state index contributed by atoms with van der Waals surface area (Å²) in [6, 6.07) is 8.55. The van der Waals surface area contributed by atoms with Crippen LogP contribution in [0.2, 0.25) is 0 Å². The van der Waals surface area contributed by atoms with Gasteiger partial charge in [-0.15, -0.1) is 11.3 Å². The molecule has 0 spiro atoms. The topological polar surface area (TPSA) is 34.9 Å². The van der Waals surface area contributed by atoms with Gasteiger partial charge < -0.3 is 0 Å². The predicted octanol–water partition coefficient (Wildman–Crippen LogP) is 4.75. The van der Waals surface area contributed by atoms with Crippen LogP contribution in [0.15, 0.2) is 34.2 Å². The van der Waals surface area contributed by atoms with Gasteiger partial charge in [-0.25, -0.2) is 4.98 Å². The Kier molecular flexibility index (Phi) is 4.22. The Morgan fingerprint density at radius 1 is 1.25 bits per heavy atom. The van der Waals surface area contributed by atoms with E-state index in [4.69, 9.17) is 4.98 Å². The number of aromatic nitrogens is 2. The normalized spacial score (nSPS) is 13.1. The highest BCUT2D eigenvalue weighted by Crippen LogP contribution is 2.42. The van der Waals surface area contributed by atoms with E-state index in [1.165, 1.54) is 21.6 Å². The lowest BCUT2D eigenvalue weighted by Gasteiger charge is -2.16. The molecule has 0 radical (unpaired) electrons. The van der Waals surface area contributed by atoms with E-state index in [-0.39, 0.29) is 5.56 Å². The molecule has 2 heterocycles. The number of thioether (sulfide) groups is 1. The molecule has 0 fully saturated rings. The summed E-state index contributed by atoms with van der Waals surface area (Å²) in [6.07, 6.45) is 3.03. The number of benzene rings is 1. The maximum Gasteiger partial charge on any atom is 0.263 e. The molecule has 0 saturated heterocycles. The van der Waals surface area contributed by atoms with Crippen LogP contribution in [0.4, 0.5) is 0 Å². The molecule has 1 aromatic carbocycles. The molecule has 0 amide bonds. The van der Waals surface area contributed by atoms with Crippen molar-refractivity contribution in [3.8, 4) is 10.4 Å². The standard InChI is InChI=1S/C19H20N2OS2/c1-3-11-23-19-20-17-15(18(22)21(19)4-2)14-10-9-12-7-5-6-8-13(12)16(14)24-17/h5-8H,3-4,9-11H2,1-2H3. The van der Waals surface area contributed by atoms with Crippen molar-refractivity contribution in [3.05, 3.63) is 45.7 Å². The quantitative estimate of drug-likeness (QED) is 0.500. The Morgan fingerprint density at radius 2 is 2.08 bits per heavy atom. The second kappa shape index (κ2) is 6.37. The number of aryl methyl sites for hydroxylation is 2. The third kappa shape index (κ3) is 2.42. The molecule has 4 rings (SSSR count). The van der Waals surface area contributed by atoms with Gasteiger partial charge in [-0.3, -0.25) is 9.36 Å². The van der Waals surface area contributed by atoms with Crippen LogP contribution in [0.3, 0.4) is 0 Å². The number of hydrogen-bond donors (Lipinski definition) is 0. The SMILES string of the molecule is CCCSc1nc2sc3c(c2c(=O)n1CC)CCc1ccccc1-3. The minimum absolute atomic E-state index is 0.137. The zero-order valence-electron chi connectivity index (χ0n) is 14.0. The first kappa shape index (κ1) is 15.9. The molecule has 5 heteroatoms. The summed E-state index contributed by atoms with van der Waals surface area (Å²) >= 11 is 3.38. The van der Waals surface area contributed by atoms with Crippen molar-refractivity contribution in [2.75, 3.05) is 5.75 Å². The van der Waals surface area contributed by atoms with Crippen LogP contribution in [0.25, 0.3) is 20.7 Å². The minimum Gasteiger partial charge on any atom is -0.287 e. The number of nitrogens with zero attached hydrogens (tertiary/aromatic N) is 2.